The molecule has 2 aromatic carbocycles. The number of carbonyl (C=O) groups is 2. The van der Waals surface area contributed by atoms with Crippen molar-refractivity contribution in [2.24, 2.45) is 21.8 Å². The molecule has 11 rings (SSSR count). The van der Waals surface area contributed by atoms with Crippen LogP contribution in [-0.2, 0) is 54.9 Å². The van der Waals surface area contributed by atoms with Gasteiger partial charge in [0.1, 0.15) is 45.5 Å². The molecule has 0 unspecified atom stereocenters. The fraction of sp³-hybridized carbons (Fsp3) is 0.340. The Balaban J connectivity index is 0.000000168. The van der Waals surface area contributed by atoms with Crippen LogP contribution < -0.4 is 20.1 Å². The van der Waals surface area contributed by atoms with Gasteiger partial charge in [0.15, 0.2) is 0 Å². The van der Waals surface area contributed by atoms with Crippen molar-refractivity contribution in [3.8, 4) is 11.5 Å². The molecule has 5 aromatic heterocycles. The third-order valence-electron chi connectivity index (χ3n) is 13.0. The molecule has 2 aliphatic carbocycles. The van der Waals surface area contributed by atoms with E-state index in [9.17, 15) is 14.7 Å². The van der Waals surface area contributed by atoms with Gasteiger partial charge in [-0.25, -0.2) is 19.9 Å². The number of ether oxygens (including phenoxy) is 2. The molecule has 3 N–H and O–H groups in total. The van der Waals surface area contributed by atoms with Crippen molar-refractivity contribution in [1.29, 1.82) is 0 Å². The number of likely N-dealkylation sites (N-methyl/N-ethyl adjacent to an activating group) is 1. The van der Waals surface area contributed by atoms with Crippen LogP contribution in [0.1, 0.15) is 61.7 Å². The summed E-state index contributed by atoms with van der Waals surface area (Å²) in [6, 6.07) is 14.0. The van der Waals surface area contributed by atoms with Gasteiger partial charge >= 0.3 is 5.97 Å². The van der Waals surface area contributed by atoms with Crippen LogP contribution in [0, 0.1) is 11.8 Å². The van der Waals surface area contributed by atoms with Gasteiger partial charge in [-0.15, -0.1) is 22.7 Å². The number of rotatable bonds is 13. The predicted octanol–water partition coefficient (Wildman–Crippen LogP) is 8.03. The predicted molar refractivity (Wildman–Crippen MR) is 267 cm³/mol. The largest absolute Gasteiger partial charge is 0.495 e. The summed E-state index contributed by atoms with van der Waals surface area (Å²) in [5.41, 5.74) is 9.47. The number of carbonyl (C=O) groups excluding carboxylic acids is 1. The number of amides is 1. The summed E-state index contributed by atoms with van der Waals surface area (Å²) in [5.74, 6) is 2.09. The maximum absolute atomic E-state index is 13.8. The molecular weight excluding hydrogens is 899 g/mol. The zero-order valence-electron chi connectivity index (χ0n) is 38.3. The highest BCUT2D eigenvalue weighted by atomic mass is 32.1. The molecule has 348 valence electrons. The van der Waals surface area contributed by atoms with E-state index in [0.717, 1.165) is 114 Å². The molecule has 7 aromatic rings. The number of aliphatic imine (C=N–C) groups is 2. The summed E-state index contributed by atoms with van der Waals surface area (Å²) < 4.78 is 11.2. The van der Waals surface area contributed by atoms with Gasteiger partial charge in [0, 0.05) is 47.4 Å². The maximum Gasteiger partial charge on any atom is 0.306 e. The average molecular weight is 950 g/mol. The van der Waals surface area contributed by atoms with E-state index in [1.165, 1.54) is 16.0 Å². The molecule has 18 heteroatoms. The quantitative estimate of drug-likeness (QED) is 0.101. The molecule has 2 aliphatic heterocycles. The van der Waals surface area contributed by atoms with Gasteiger partial charge in [-0.2, -0.15) is 0 Å². The Morgan fingerprint density at radius 3 is 1.81 bits per heavy atom. The number of aliphatic carboxylic acids is 1. The highest BCUT2D eigenvalue weighted by Gasteiger charge is 2.33. The summed E-state index contributed by atoms with van der Waals surface area (Å²) in [4.78, 5) is 64.8. The van der Waals surface area contributed by atoms with Crippen LogP contribution in [0.25, 0.3) is 20.4 Å². The monoisotopic (exact) mass is 949 g/mol. The van der Waals surface area contributed by atoms with Gasteiger partial charge in [0.05, 0.1) is 67.6 Å². The van der Waals surface area contributed by atoms with Gasteiger partial charge in [-0.3, -0.25) is 24.6 Å². The fourth-order valence-corrected chi connectivity index (χ4v) is 12.0. The normalized spacial score (nSPS) is 16.4. The molecule has 4 aliphatic rings. The highest BCUT2D eigenvalue weighted by molar-refractivity contribution is 7.19. The Bertz CT molecular complexity index is 3120. The van der Waals surface area contributed by atoms with Gasteiger partial charge < -0.3 is 35.0 Å². The van der Waals surface area contributed by atoms with E-state index >= 15 is 0 Å². The van der Waals surface area contributed by atoms with E-state index in [2.05, 4.69) is 56.5 Å². The number of aryl methyl sites for hydroxylation is 2. The number of nitrogens with one attached hydrogen (secondary N) is 2. The topological polar surface area (TPSA) is 193 Å². The number of anilines is 4. The van der Waals surface area contributed by atoms with Crippen molar-refractivity contribution >= 4 is 90.4 Å². The Morgan fingerprint density at radius 1 is 0.735 bits per heavy atom. The van der Waals surface area contributed by atoms with E-state index in [4.69, 9.17) is 9.47 Å². The molecule has 1 amide bonds. The number of benzene rings is 2. The van der Waals surface area contributed by atoms with Crippen LogP contribution in [-0.4, -0.2) is 106 Å². The van der Waals surface area contributed by atoms with E-state index in [0.29, 0.717) is 45.4 Å². The Hall–Kier alpha value is -6.89. The van der Waals surface area contributed by atoms with E-state index in [-0.39, 0.29) is 17.7 Å². The van der Waals surface area contributed by atoms with Gasteiger partial charge in [0.2, 0.25) is 5.91 Å². The first kappa shape index (κ1) is 44.9. The number of carboxylic acid groups (broad SMARTS) is 1. The lowest BCUT2D eigenvalue weighted by atomic mass is 9.86. The van der Waals surface area contributed by atoms with Gasteiger partial charge in [-0.1, -0.05) is 6.07 Å². The average Bonchev–Trinajstić information content (AvgIpc) is 4.17. The van der Waals surface area contributed by atoms with Crippen molar-refractivity contribution < 1.29 is 24.2 Å². The molecule has 2 atom stereocenters. The maximum atomic E-state index is 13.8. The molecule has 0 bridgehead atoms. The molecule has 16 nitrogen and oxygen atoms in total. The summed E-state index contributed by atoms with van der Waals surface area (Å²) in [6.07, 6.45) is 12.9. The number of methoxy groups -OCH3 is 2. The number of hydrogen-bond acceptors (Lipinski definition) is 16. The lowest BCUT2D eigenvalue weighted by Gasteiger charge is -2.30. The second-order valence-electron chi connectivity index (χ2n) is 17.6. The summed E-state index contributed by atoms with van der Waals surface area (Å²) in [7, 11) is 7.40. The Kier molecular flexibility index (Phi) is 12.8. The number of hydrogen-bond donors (Lipinski definition) is 3. The van der Waals surface area contributed by atoms with Crippen molar-refractivity contribution in [2.45, 2.75) is 58.2 Å². The van der Waals surface area contributed by atoms with Crippen LogP contribution in [0.2, 0.25) is 0 Å². The summed E-state index contributed by atoms with van der Waals surface area (Å²) in [5, 5.41) is 18.3. The Morgan fingerprint density at radius 2 is 1.29 bits per heavy atom. The molecule has 0 fully saturated rings. The number of carboxylic acids is 1. The third-order valence-corrected chi connectivity index (χ3v) is 15.3. The zero-order valence-corrected chi connectivity index (χ0v) is 39.9. The number of thiophene rings is 2. The van der Waals surface area contributed by atoms with Crippen molar-refractivity contribution in [1.82, 2.24) is 34.7 Å². The standard InChI is InChI=1S/C30H33N7O2S.C20H18N4O3S/c1-36(2)10-11-37(17-22-6-4-5-9-32-22)30(38)19-7-8-23-26(14-19)40-29-27(23)28(33-18-34-29)35-24-12-20-15-31-16-21(20)13-25(24)39-3;1-27-15-5-12-8-21-7-11(12)4-14(15)24-18-17-13-3-2-10(20(25)26)6-16(13)28-19(17)23-9-22-18/h4-6,9,12-13,15,18-19H,7-8,10-11,14,16-17H2,1-3H3,(H,33,34,35);4-5,7,9-10H,2-3,6,8H2,1H3,(H,25,26)(H,22,23,24)/t19-;10-/m00/s1. The second-order valence-corrected chi connectivity index (χ2v) is 19.8. The highest BCUT2D eigenvalue weighted by Crippen LogP contribution is 2.44. The lowest BCUT2D eigenvalue weighted by Crippen LogP contribution is -2.41. The third kappa shape index (κ3) is 9.10. The first-order valence-corrected chi connectivity index (χ1v) is 24.3. The molecule has 0 radical (unpaired) electrons. The van der Waals surface area contributed by atoms with Crippen LogP contribution in [0.15, 0.2) is 71.3 Å². The molecule has 68 heavy (non-hydrogen) atoms. The molecule has 0 saturated carbocycles. The summed E-state index contributed by atoms with van der Waals surface area (Å²) in [6.45, 7) is 3.35. The van der Waals surface area contributed by atoms with Crippen molar-refractivity contribution in [3.63, 3.8) is 0 Å². The SMILES string of the molecule is COc1cc2c(cc1Nc1ncnc3sc4c(c13)CC[C@H](C(=O)N(CCN(C)C)Cc1ccccn1)C4)C=NC2.COc1cc2c(cc1Nc1ncnc3sc4c(c13)CC[C@H](C(=O)O)C4)C=NC2. The minimum absolute atomic E-state index is 0.0631. The van der Waals surface area contributed by atoms with Crippen molar-refractivity contribution in [2.75, 3.05) is 52.0 Å². The van der Waals surface area contributed by atoms with Crippen LogP contribution in [0.5, 0.6) is 11.5 Å². The number of fused-ring (bicyclic) bond motifs is 8. The minimum atomic E-state index is -0.725. The van der Waals surface area contributed by atoms with Gasteiger partial charge in [-0.05, 0) is 122 Å². The molecule has 7 heterocycles. The van der Waals surface area contributed by atoms with Crippen LogP contribution in [0.4, 0.5) is 23.0 Å². The molecule has 0 saturated heterocycles. The molecular formula is C50H51N11O5S2. The van der Waals surface area contributed by atoms with Gasteiger partial charge in [0.25, 0.3) is 0 Å². The smallest absolute Gasteiger partial charge is 0.306 e. The zero-order chi connectivity index (χ0) is 46.9. The number of pyridine rings is 1. The first-order valence-electron chi connectivity index (χ1n) is 22.7. The van der Waals surface area contributed by atoms with E-state index in [1.54, 1.807) is 55.7 Å². The van der Waals surface area contributed by atoms with E-state index in [1.807, 2.05) is 67.8 Å². The first-order chi connectivity index (χ1) is 33.1. The van der Waals surface area contributed by atoms with Crippen molar-refractivity contribution in [3.05, 3.63) is 110 Å². The lowest BCUT2D eigenvalue weighted by molar-refractivity contribution is -0.142. The second kappa shape index (κ2) is 19.4. The van der Waals surface area contributed by atoms with Crippen LogP contribution >= 0.6 is 22.7 Å². The number of aromatic nitrogens is 5. The number of nitrogens with zero attached hydrogens (tertiary/aromatic N) is 9. The van der Waals surface area contributed by atoms with E-state index < -0.39 is 5.97 Å². The minimum Gasteiger partial charge on any atom is -0.495 e. The molecule has 0 spiro atoms. The Labute approximate surface area is 401 Å². The summed E-state index contributed by atoms with van der Waals surface area (Å²) >= 11 is 3.24. The fourth-order valence-electron chi connectivity index (χ4n) is 9.43. The van der Waals surface area contributed by atoms with Crippen LogP contribution in [0.3, 0.4) is 0 Å².